The summed E-state index contributed by atoms with van der Waals surface area (Å²) in [7, 11) is 1.40. The number of carboxylic acid groups (broad SMARTS) is 1. The van der Waals surface area contributed by atoms with E-state index in [0.717, 1.165) is 18.6 Å². The Morgan fingerprint density at radius 3 is 1.97 bits per heavy atom. The number of carbonyl (C=O) groups is 1. The summed E-state index contributed by atoms with van der Waals surface area (Å²) >= 11 is 0. The van der Waals surface area contributed by atoms with Crippen LogP contribution in [0.5, 0.6) is 5.75 Å². The largest absolute Gasteiger partial charge is 0.494 e. The van der Waals surface area contributed by atoms with Crippen molar-refractivity contribution in [2.45, 2.75) is 25.4 Å². The Morgan fingerprint density at radius 1 is 0.903 bits per heavy atom. The molecule has 0 fully saturated rings. The Bertz CT molecular complexity index is 1070. The zero-order valence-corrected chi connectivity index (χ0v) is 17.8. The van der Waals surface area contributed by atoms with Crippen LogP contribution in [0.2, 0.25) is 0 Å². The van der Waals surface area contributed by atoms with Gasteiger partial charge in [0.1, 0.15) is 5.75 Å². The van der Waals surface area contributed by atoms with Gasteiger partial charge in [0.15, 0.2) is 5.60 Å². The highest BCUT2D eigenvalue weighted by Crippen LogP contribution is 2.44. The lowest BCUT2D eigenvalue weighted by Crippen LogP contribution is -2.34. The van der Waals surface area contributed by atoms with Crippen LogP contribution in [-0.2, 0) is 15.1 Å². The van der Waals surface area contributed by atoms with E-state index in [0.29, 0.717) is 12.2 Å². The Labute approximate surface area is 182 Å². The summed E-state index contributed by atoms with van der Waals surface area (Å²) in [4.78, 5) is 11.5. The molecule has 158 valence electrons. The number of rotatable bonds is 8. The van der Waals surface area contributed by atoms with Crippen LogP contribution < -0.4 is 4.74 Å². The van der Waals surface area contributed by atoms with Crippen molar-refractivity contribution >= 4 is 11.5 Å². The molecule has 4 rings (SSSR count). The second-order valence-electron chi connectivity index (χ2n) is 7.77. The van der Waals surface area contributed by atoms with E-state index in [9.17, 15) is 9.90 Å². The number of aliphatic carboxylic acids is 1. The molecule has 0 spiro atoms. The summed E-state index contributed by atoms with van der Waals surface area (Å²) in [6.07, 6.45) is 4.10. The van der Waals surface area contributed by atoms with Gasteiger partial charge in [-0.15, -0.1) is 0 Å². The van der Waals surface area contributed by atoms with E-state index in [2.05, 4.69) is 54.6 Å². The normalized spacial score (nSPS) is 13.8. The Morgan fingerprint density at radius 2 is 1.45 bits per heavy atom. The van der Waals surface area contributed by atoms with Crippen LogP contribution in [-0.4, -0.2) is 24.8 Å². The molecule has 1 atom stereocenters. The molecule has 1 aliphatic carbocycles. The van der Waals surface area contributed by atoms with Gasteiger partial charge in [0.2, 0.25) is 0 Å². The molecule has 0 bridgehead atoms. The number of unbranched alkanes of at least 4 members (excludes halogenated alkanes) is 1. The van der Waals surface area contributed by atoms with E-state index in [-0.39, 0.29) is 0 Å². The average molecular weight is 415 g/mol. The van der Waals surface area contributed by atoms with Gasteiger partial charge in [-0.2, -0.15) is 0 Å². The quantitative estimate of drug-likeness (QED) is 0.365. The van der Waals surface area contributed by atoms with Crippen molar-refractivity contribution < 1.29 is 19.4 Å². The first kappa shape index (κ1) is 20.9. The molecule has 0 radical (unpaired) electrons. The molecule has 3 aromatic rings. The third-order valence-electron chi connectivity index (χ3n) is 5.91. The van der Waals surface area contributed by atoms with Gasteiger partial charge in [-0.3, -0.25) is 0 Å². The SMILES string of the molecule is COC(C)(C(=O)O)c1ccc(OCCCC=C2c3ccccc3-c3ccccc32)cc1. The average Bonchev–Trinajstić information content (AvgIpc) is 3.12. The van der Waals surface area contributed by atoms with E-state index in [4.69, 9.17) is 9.47 Å². The fourth-order valence-electron chi connectivity index (χ4n) is 3.99. The number of methoxy groups -OCH3 is 1. The molecule has 31 heavy (non-hydrogen) atoms. The molecule has 1 unspecified atom stereocenters. The van der Waals surface area contributed by atoms with E-state index < -0.39 is 11.6 Å². The molecule has 4 heteroatoms. The minimum absolute atomic E-state index is 0.582. The van der Waals surface area contributed by atoms with Crippen molar-refractivity contribution in [3.8, 4) is 16.9 Å². The lowest BCUT2D eigenvalue weighted by atomic mass is 9.96. The highest BCUT2D eigenvalue weighted by atomic mass is 16.5. The van der Waals surface area contributed by atoms with Gasteiger partial charge in [-0.1, -0.05) is 66.7 Å². The highest BCUT2D eigenvalue weighted by Gasteiger charge is 2.35. The molecule has 4 nitrogen and oxygen atoms in total. The maximum atomic E-state index is 11.5. The molecule has 0 saturated heterocycles. The lowest BCUT2D eigenvalue weighted by Gasteiger charge is -2.23. The van der Waals surface area contributed by atoms with Crippen LogP contribution in [0, 0.1) is 0 Å². The summed E-state index contributed by atoms with van der Waals surface area (Å²) < 4.78 is 11.0. The van der Waals surface area contributed by atoms with Crippen LogP contribution >= 0.6 is 0 Å². The maximum Gasteiger partial charge on any atom is 0.340 e. The van der Waals surface area contributed by atoms with Gasteiger partial charge >= 0.3 is 5.97 Å². The van der Waals surface area contributed by atoms with Crippen molar-refractivity contribution in [3.63, 3.8) is 0 Å². The fraction of sp³-hybridized carbons (Fsp3) is 0.222. The smallest absolute Gasteiger partial charge is 0.340 e. The maximum absolute atomic E-state index is 11.5. The first-order valence-electron chi connectivity index (χ1n) is 10.5. The highest BCUT2D eigenvalue weighted by molar-refractivity contribution is 6.01. The van der Waals surface area contributed by atoms with Crippen molar-refractivity contribution in [1.29, 1.82) is 0 Å². The lowest BCUT2D eigenvalue weighted by molar-refractivity contribution is -0.161. The van der Waals surface area contributed by atoms with E-state index in [1.54, 1.807) is 24.3 Å². The van der Waals surface area contributed by atoms with Gasteiger partial charge in [-0.25, -0.2) is 4.79 Å². The van der Waals surface area contributed by atoms with Crippen LogP contribution in [0.4, 0.5) is 0 Å². The number of benzene rings is 3. The van der Waals surface area contributed by atoms with Crippen molar-refractivity contribution in [2.24, 2.45) is 0 Å². The van der Waals surface area contributed by atoms with E-state index in [1.165, 1.54) is 41.9 Å². The first-order valence-corrected chi connectivity index (χ1v) is 10.5. The minimum atomic E-state index is -1.36. The van der Waals surface area contributed by atoms with E-state index in [1.807, 2.05) is 0 Å². The topological polar surface area (TPSA) is 55.8 Å². The molecule has 0 aromatic heterocycles. The number of hydrogen-bond donors (Lipinski definition) is 1. The van der Waals surface area contributed by atoms with Crippen LogP contribution in [0.15, 0.2) is 78.9 Å². The monoisotopic (exact) mass is 414 g/mol. The standard InChI is InChI=1S/C27H26O4/c1-27(30-2,26(28)29)19-14-16-20(17-15-19)31-18-8-7-13-25-23-11-5-3-9-21(23)22-10-4-6-12-24(22)25/h3-6,9-17H,7-8,18H2,1-2H3,(H,28,29). The van der Waals surface area contributed by atoms with Gasteiger partial charge < -0.3 is 14.6 Å². The molecule has 0 amide bonds. The van der Waals surface area contributed by atoms with Crippen molar-refractivity contribution in [1.82, 2.24) is 0 Å². The predicted octanol–water partition coefficient (Wildman–Crippen LogP) is 5.90. The number of fused-ring (bicyclic) bond motifs is 3. The third kappa shape index (κ3) is 3.99. The third-order valence-corrected chi connectivity index (χ3v) is 5.91. The van der Waals surface area contributed by atoms with Crippen LogP contribution in [0.25, 0.3) is 16.7 Å². The summed E-state index contributed by atoms with van der Waals surface area (Å²) in [6, 6.07) is 24.1. The van der Waals surface area contributed by atoms with Crippen LogP contribution in [0.1, 0.15) is 36.5 Å². The van der Waals surface area contributed by atoms with Crippen molar-refractivity contribution in [3.05, 3.63) is 95.6 Å². The summed E-state index contributed by atoms with van der Waals surface area (Å²) in [5.74, 6) is -0.302. The number of ether oxygens (including phenoxy) is 2. The number of allylic oxidation sites excluding steroid dienone is 1. The summed E-state index contributed by atoms with van der Waals surface area (Å²) in [6.45, 7) is 2.13. The van der Waals surface area contributed by atoms with Gasteiger partial charge in [0.25, 0.3) is 0 Å². The summed E-state index contributed by atoms with van der Waals surface area (Å²) in [5, 5.41) is 9.41. The molecule has 0 heterocycles. The Kier molecular flexibility index (Phi) is 5.92. The molecule has 3 aromatic carbocycles. The molecule has 1 N–H and O–H groups in total. The molecule has 0 saturated carbocycles. The zero-order valence-electron chi connectivity index (χ0n) is 17.8. The number of hydrogen-bond acceptors (Lipinski definition) is 3. The van der Waals surface area contributed by atoms with Crippen LogP contribution in [0.3, 0.4) is 0 Å². The second-order valence-corrected chi connectivity index (χ2v) is 7.77. The minimum Gasteiger partial charge on any atom is -0.494 e. The predicted molar refractivity (Wildman–Crippen MR) is 122 cm³/mol. The van der Waals surface area contributed by atoms with E-state index >= 15 is 0 Å². The molecule has 0 aliphatic heterocycles. The molecular formula is C27H26O4. The van der Waals surface area contributed by atoms with Gasteiger partial charge in [0, 0.05) is 7.11 Å². The summed E-state index contributed by atoms with van der Waals surface area (Å²) in [5.41, 5.74) is 5.69. The van der Waals surface area contributed by atoms with Gasteiger partial charge in [-0.05, 0) is 65.3 Å². The second kappa shape index (κ2) is 8.78. The zero-order chi connectivity index (χ0) is 21.8. The van der Waals surface area contributed by atoms with Gasteiger partial charge in [0.05, 0.1) is 6.61 Å². The Hall–Kier alpha value is -3.37. The Balaban J connectivity index is 1.37. The van der Waals surface area contributed by atoms with Crippen molar-refractivity contribution in [2.75, 3.05) is 13.7 Å². The molecular weight excluding hydrogens is 388 g/mol. The molecule has 1 aliphatic rings. The first-order chi connectivity index (χ1) is 15.0. The fourth-order valence-corrected chi connectivity index (χ4v) is 3.99. The number of carboxylic acids is 1.